The largest absolute Gasteiger partial charge is 0.360 e. The minimum absolute atomic E-state index is 0.0576. The van der Waals surface area contributed by atoms with Crippen molar-refractivity contribution in [2.24, 2.45) is 5.92 Å². The summed E-state index contributed by atoms with van der Waals surface area (Å²) in [5.74, 6) is 0.227. The van der Waals surface area contributed by atoms with Crippen molar-refractivity contribution in [1.82, 2.24) is 19.8 Å². The molecule has 1 aliphatic carbocycles. The van der Waals surface area contributed by atoms with Gasteiger partial charge >= 0.3 is 0 Å². The number of sulfone groups is 1. The van der Waals surface area contributed by atoms with E-state index in [0.29, 0.717) is 19.1 Å². The first-order chi connectivity index (χ1) is 14.2. The summed E-state index contributed by atoms with van der Waals surface area (Å²) in [7, 11) is -3.57. The Balaban J connectivity index is 1.89. The van der Waals surface area contributed by atoms with E-state index in [1.54, 1.807) is 6.20 Å². The first-order valence-electron chi connectivity index (χ1n) is 10.6. The summed E-state index contributed by atoms with van der Waals surface area (Å²) in [4.78, 5) is 6.47. The minimum atomic E-state index is -3.57. The SMILES string of the molecule is CC(C)Cn1c(CN(C(=S)NC2CC2)C(C)C)cnc1S(=O)(=O)Cc1ccccc1. The lowest BCUT2D eigenvalue weighted by Gasteiger charge is -2.30. The van der Waals surface area contributed by atoms with Gasteiger partial charge in [-0.25, -0.2) is 13.4 Å². The fraction of sp³-hybridized carbons (Fsp3) is 0.545. The van der Waals surface area contributed by atoms with Crippen molar-refractivity contribution in [1.29, 1.82) is 0 Å². The molecular weight excluding hydrogens is 416 g/mol. The number of hydrogen-bond donors (Lipinski definition) is 1. The second kappa shape index (κ2) is 9.47. The van der Waals surface area contributed by atoms with E-state index in [1.165, 1.54) is 0 Å². The molecule has 2 aromatic rings. The molecule has 1 saturated carbocycles. The monoisotopic (exact) mass is 448 g/mol. The molecule has 1 aromatic carbocycles. The normalized spacial score (nSPS) is 14.3. The van der Waals surface area contributed by atoms with Gasteiger partial charge in [-0.1, -0.05) is 44.2 Å². The first-order valence-corrected chi connectivity index (χ1v) is 12.6. The number of hydrogen-bond acceptors (Lipinski definition) is 4. The predicted molar refractivity (Wildman–Crippen MR) is 124 cm³/mol. The van der Waals surface area contributed by atoms with Crippen molar-refractivity contribution in [2.45, 2.75) is 76.6 Å². The number of nitrogens with one attached hydrogen (secondary N) is 1. The summed E-state index contributed by atoms with van der Waals surface area (Å²) in [5.41, 5.74) is 1.63. The minimum Gasteiger partial charge on any atom is -0.360 e. The molecular formula is C22H32N4O2S2. The van der Waals surface area contributed by atoms with Crippen LogP contribution in [0.1, 0.15) is 51.8 Å². The molecule has 0 amide bonds. The average Bonchev–Trinajstić information content (AvgIpc) is 3.38. The van der Waals surface area contributed by atoms with Crippen LogP contribution in [0.5, 0.6) is 0 Å². The maximum Gasteiger partial charge on any atom is 0.228 e. The van der Waals surface area contributed by atoms with Crippen LogP contribution in [0.25, 0.3) is 0 Å². The van der Waals surface area contributed by atoms with Crippen LogP contribution in [-0.4, -0.2) is 40.1 Å². The fourth-order valence-electron chi connectivity index (χ4n) is 3.33. The van der Waals surface area contributed by atoms with Crippen molar-refractivity contribution < 1.29 is 8.42 Å². The molecule has 1 fully saturated rings. The third kappa shape index (κ3) is 5.82. The Morgan fingerprint density at radius 1 is 1.23 bits per heavy atom. The molecule has 1 heterocycles. The Morgan fingerprint density at radius 2 is 1.90 bits per heavy atom. The molecule has 1 N–H and O–H groups in total. The Hall–Kier alpha value is -1.93. The number of rotatable bonds is 9. The molecule has 8 heteroatoms. The van der Waals surface area contributed by atoms with Crippen LogP contribution in [0, 0.1) is 5.92 Å². The maximum atomic E-state index is 13.2. The Morgan fingerprint density at radius 3 is 2.47 bits per heavy atom. The second-order valence-corrected chi connectivity index (χ2v) is 11.0. The van der Waals surface area contributed by atoms with Crippen LogP contribution in [0.3, 0.4) is 0 Å². The van der Waals surface area contributed by atoms with Crippen LogP contribution in [0.4, 0.5) is 0 Å². The van der Waals surface area contributed by atoms with Crippen molar-refractivity contribution in [3.05, 3.63) is 47.8 Å². The van der Waals surface area contributed by atoms with Gasteiger partial charge in [-0.15, -0.1) is 0 Å². The molecule has 30 heavy (non-hydrogen) atoms. The topological polar surface area (TPSA) is 67.2 Å². The third-order valence-corrected chi connectivity index (χ3v) is 7.00. The molecule has 0 bridgehead atoms. The van der Waals surface area contributed by atoms with E-state index < -0.39 is 9.84 Å². The summed E-state index contributed by atoms with van der Waals surface area (Å²) in [5, 5.41) is 4.25. The van der Waals surface area contributed by atoms with Gasteiger partial charge in [0.05, 0.1) is 24.2 Å². The van der Waals surface area contributed by atoms with Gasteiger partial charge in [-0.05, 0) is 50.4 Å². The predicted octanol–water partition coefficient (Wildman–Crippen LogP) is 3.76. The number of aromatic nitrogens is 2. The summed E-state index contributed by atoms with van der Waals surface area (Å²) in [6, 6.07) is 9.91. The maximum absolute atomic E-state index is 13.2. The van der Waals surface area contributed by atoms with Crippen molar-refractivity contribution in [3.8, 4) is 0 Å². The molecule has 6 nitrogen and oxygen atoms in total. The average molecular weight is 449 g/mol. The van der Waals surface area contributed by atoms with E-state index in [2.05, 4.69) is 42.9 Å². The van der Waals surface area contributed by atoms with E-state index >= 15 is 0 Å². The van der Waals surface area contributed by atoms with E-state index in [1.807, 2.05) is 34.9 Å². The highest BCUT2D eigenvalue weighted by atomic mass is 32.2. The van der Waals surface area contributed by atoms with Gasteiger partial charge in [0.1, 0.15) is 0 Å². The Kier molecular flexibility index (Phi) is 7.18. The molecule has 0 radical (unpaired) electrons. The Bertz CT molecular complexity index is 964. The summed E-state index contributed by atoms with van der Waals surface area (Å²) < 4.78 is 28.2. The lowest BCUT2D eigenvalue weighted by molar-refractivity contribution is 0.322. The summed E-state index contributed by atoms with van der Waals surface area (Å²) in [6.45, 7) is 9.46. The van der Waals surface area contributed by atoms with Gasteiger partial charge in [0.15, 0.2) is 5.11 Å². The quantitative estimate of drug-likeness (QED) is 0.589. The zero-order valence-corrected chi connectivity index (χ0v) is 19.8. The highest BCUT2D eigenvalue weighted by molar-refractivity contribution is 7.90. The van der Waals surface area contributed by atoms with Crippen LogP contribution < -0.4 is 5.32 Å². The Labute approximate surface area is 185 Å². The smallest absolute Gasteiger partial charge is 0.228 e. The van der Waals surface area contributed by atoms with Crippen molar-refractivity contribution in [2.75, 3.05) is 0 Å². The van der Waals surface area contributed by atoms with Crippen molar-refractivity contribution in [3.63, 3.8) is 0 Å². The zero-order chi connectivity index (χ0) is 21.9. The van der Waals surface area contributed by atoms with Gasteiger partial charge in [0.25, 0.3) is 0 Å². The van der Waals surface area contributed by atoms with E-state index in [-0.39, 0.29) is 22.9 Å². The van der Waals surface area contributed by atoms with Gasteiger partial charge in [0.2, 0.25) is 15.0 Å². The molecule has 0 unspecified atom stereocenters. The van der Waals surface area contributed by atoms with Crippen molar-refractivity contribution >= 4 is 27.2 Å². The lowest BCUT2D eigenvalue weighted by atomic mass is 10.2. The first kappa shape index (κ1) is 22.7. The van der Waals surface area contributed by atoms with Gasteiger partial charge in [0, 0.05) is 18.6 Å². The number of nitrogens with zero attached hydrogens (tertiary/aromatic N) is 3. The van der Waals surface area contributed by atoms with Gasteiger partial charge in [-0.2, -0.15) is 0 Å². The molecule has 0 atom stereocenters. The molecule has 164 valence electrons. The second-order valence-electron chi connectivity index (χ2n) is 8.73. The molecule has 0 spiro atoms. The highest BCUT2D eigenvalue weighted by Crippen LogP contribution is 2.22. The standard InChI is InChI=1S/C22H32N4O2S2/c1-16(2)13-26-20(14-25(17(3)4)21(29)24-19-10-11-19)12-23-22(26)30(27,28)15-18-8-6-5-7-9-18/h5-9,12,16-17,19H,10-11,13-15H2,1-4H3,(H,24,29). The van der Waals surface area contributed by atoms with E-state index in [0.717, 1.165) is 29.2 Å². The lowest BCUT2D eigenvalue weighted by Crippen LogP contribution is -2.44. The molecule has 0 saturated heterocycles. The molecule has 3 rings (SSSR count). The van der Waals surface area contributed by atoms with Gasteiger partial charge in [-0.3, -0.25) is 0 Å². The fourth-order valence-corrected chi connectivity index (χ4v) is 5.28. The molecule has 1 aromatic heterocycles. The van der Waals surface area contributed by atoms with Crippen LogP contribution in [0.2, 0.25) is 0 Å². The van der Waals surface area contributed by atoms with Crippen LogP contribution in [0.15, 0.2) is 41.7 Å². The number of benzene rings is 1. The van der Waals surface area contributed by atoms with Gasteiger partial charge < -0.3 is 14.8 Å². The number of thiocarbonyl (C=S) groups is 1. The van der Waals surface area contributed by atoms with E-state index in [9.17, 15) is 8.42 Å². The van der Waals surface area contributed by atoms with Crippen LogP contribution in [-0.2, 0) is 28.7 Å². The van der Waals surface area contributed by atoms with Crippen LogP contribution >= 0.6 is 12.2 Å². The molecule has 0 aliphatic heterocycles. The zero-order valence-electron chi connectivity index (χ0n) is 18.2. The molecule has 1 aliphatic rings. The highest BCUT2D eigenvalue weighted by Gasteiger charge is 2.28. The summed E-state index contributed by atoms with van der Waals surface area (Å²) in [6.07, 6.45) is 3.99. The van der Waals surface area contributed by atoms with E-state index in [4.69, 9.17) is 12.2 Å². The number of imidazole rings is 1. The third-order valence-electron chi connectivity index (χ3n) is 5.05. The summed E-state index contributed by atoms with van der Waals surface area (Å²) >= 11 is 5.63.